The number of amides is 1. The lowest BCUT2D eigenvalue weighted by Gasteiger charge is -2.17. The van der Waals surface area contributed by atoms with Crippen molar-refractivity contribution in [1.82, 2.24) is 5.32 Å². The quantitative estimate of drug-likeness (QED) is 0.106. The number of benzene rings is 3. The number of rotatable bonds is 16. The molecule has 0 aromatic heterocycles. The van der Waals surface area contributed by atoms with Crippen LogP contribution in [0.2, 0.25) is 0 Å². The topological polar surface area (TPSA) is 90.9 Å². The molecule has 7 heteroatoms. The van der Waals surface area contributed by atoms with Gasteiger partial charge >= 0.3 is 5.97 Å². The van der Waals surface area contributed by atoms with Gasteiger partial charge in [0.25, 0.3) is 5.91 Å². The van der Waals surface area contributed by atoms with E-state index in [9.17, 15) is 14.4 Å². The van der Waals surface area contributed by atoms with Crippen LogP contribution >= 0.6 is 0 Å². The summed E-state index contributed by atoms with van der Waals surface area (Å²) in [5.74, 6) is 0.947. The third-order valence-corrected chi connectivity index (χ3v) is 7.70. The molecule has 4 rings (SSSR count). The van der Waals surface area contributed by atoms with Crippen LogP contribution in [0.25, 0.3) is 0 Å². The predicted molar refractivity (Wildman–Crippen MR) is 167 cm³/mol. The highest BCUT2D eigenvalue weighted by atomic mass is 16.5. The van der Waals surface area contributed by atoms with E-state index in [4.69, 9.17) is 14.2 Å². The average Bonchev–Trinajstić information content (AvgIpc) is 3.53. The van der Waals surface area contributed by atoms with Crippen LogP contribution in [0.15, 0.2) is 72.8 Å². The van der Waals surface area contributed by atoms with Crippen LogP contribution in [0.3, 0.4) is 0 Å². The van der Waals surface area contributed by atoms with Gasteiger partial charge < -0.3 is 19.5 Å². The Labute approximate surface area is 254 Å². The van der Waals surface area contributed by atoms with Gasteiger partial charge in [0.15, 0.2) is 5.78 Å². The Balaban J connectivity index is 1.24. The molecule has 1 amide bonds. The van der Waals surface area contributed by atoms with Crippen molar-refractivity contribution < 1.29 is 28.6 Å². The highest BCUT2D eigenvalue weighted by Crippen LogP contribution is 2.24. The summed E-state index contributed by atoms with van der Waals surface area (Å²) in [4.78, 5) is 37.9. The zero-order valence-electron chi connectivity index (χ0n) is 25.3. The molecule has 0 spiro atoms. The van der Waals surface area contributed by atoms with E-state index in [2.05, 4.69) is 12.2 Å². The van der Waals surface area contributed by atoms with Gasteiger partial charge in [0, 0.05) is 5.56 Å². The second-order valence-electron chi connectivity index (χ2n) is 11.2. The predicted octanol–water partition coefficient (Wildman–Crippen LogP) is 7.51. The molecule has 3 aromatic carbocycles. The maximum Gasteiger partial charge on any atom is 0.343 e. The standard InChI is InChI=1S/C36H43NO6/c1-3-4-5-6-9-24-41-30-20-16-29(17-21-30)36(40)43-33-18-12-27(13-19-33)25-34(26(2)38)37-35(39)28-14-22-32(23-15-28)42-31-10-7-8-11-31/h12-23,31,34H,3-11,24-25H2,1-2H3,(H,37,39)/t34-/m0/s1. The SMILES string of the molecule is CCCCCCCOc1ccc(C(=O)Oc2ccc(C[C@H](NC(=O)c3ccc(OC4CCCC4)cc3)C(C)=O)cc2)cc1. The number of Topliss-reactive ketones (excluding diaryl/α,β-unsaturated/α-hetero) is 1. The lowest BCUT2D eigenvalue weighted by atomic mass is 10.0. The summed E-state index contributed by atoms with van der Waals surface area (Å²) in [6.07, 6.45) is 10.9. The van der Waals surface area contributed by atoms with E-state index in [1.54, 1.807) is 72.8 Å². The molecule has 0 unspecified atom stereocenters. The van der Waals surface area contributed by atoms with E-state index in [0.29, 0.717) is 29.9 Å². The minimum absolute atomic E-state index is 0.144. The van der Waals surface area contributed by atoms with Gasteiger partial charge in [0.05, 0.1) is 24.3 Å². The number of carbonyl (C=O) groups excluding carboxylic acids is 3. The van der Waals surface area contributed by atoms with Crippen molar-refractivity contribution in [3.05, 3.63) is 89.5 Å². The molecule has 0 bridgehead atoms. The number of unbranched alkanes of at least 4 members (excludes halogenated alkanes) is 4. The molecule has 1 saturated carbocycles. The monoisotopic (exact) mass is 585 g/mol. The molecular formula is C36H43NO6. The van der Waals surface area contributed by atoms with Gasteiger partial charge in [0.1, 0.15) is 17.2 Å². The first-order valence-electron chi connectivity index (χ1n) is 15.5. The van der Waals surface area contributed by atoms with Crippen molar-refractivity contribution in [3.8, 4) is 17.2 Å². The number of nitrogens with one attached hydrogen (secondary N) is 1. The van der Waals surface area contributed by atoms with Crippen LogP contribution in [-0.2, 0) is 11.2 Å². The summed E-state index contributed by atoms with van der Waals surface area (Å²) in [6, 6.07) is 20.2. The van der Waals surface area contributed by atoms with Crippen molar-refractivity contribution in [3.63, 3.8) is 0 Å². The van der Waals surface area contributed by atoms with Gasteiger partial charge in [-0.15, -0.1) is 0 Å². The molecule has 7 nitrogen and oxygen atoms in total. The first-order valence-corrected chi connectivity index (χ1v) is 15.5. The molecule has 0 saturated heterocycles. The summed E-state index contributed by atoms with van der Waals surface area (Å²) in [5, 5.41) is 2.85. The zero-order chi connectivity index (χ0) is 30.4. The van der Waals surface area contributed by atoms with E-state index < -0.39 is 12.0 Å². The van der Waals surface area contributed by atoms with Crippen LogP contribution < -0.4 is 19.5 Å². The first-order chi connectivity index (χ1) is 20.9. The summed E-state index contributed by atoms with van der Waals surface area (Å²) in [7, 11) is 0. The second-order valence-corrected chi connectivity index (χ2v) is 11.2. The molecule has 1 N–H and O–H groups in total. The molecular weight excluding hydrogens is 542 g/mol. The van der Waals surface area contributed by atoms with Crippen LogP contribution in [0.5, 0.6) is 17.2 Å². The number of hydrogen-bond donors (Lipinski definition) is 1. The summed E-state index contributed by atoms with van der Waals surface area (Å²) >= 11 is 0. The Morgan fingerprint density at radius 1 is 0.767 bits per heavy atom. The van der Waals surface area contributed by atoms with Gasteiger partial charge in [0.2, 0.25) is 0 Å². The Bertz CT molecular complexity index is 1310. The van der Waals surface area contributed by atoms with E-state index in [1.165, 1.54) is 39.0 Å². The zero-order valence-corrected chi connectivity index (χ0v) is 25.3. The fourth-order valence-electron chi connectivity index (χ4n) is 5.10. The second kappa shape index (κ2) is 16.5. The molecule has 1 atom stereocenters. The van der Waals surface area contributed by atoms with E-state index in [-0.39, 0.29) is 17.8 Å². The molecule has 0 heterocycles. The van der Waals surface area contributed by atoms with Crippen LogP contribution in [0, 0.1) is 0 Å². The molecule has 1 aliphatic rings. The Morgan fingerprint density at radius 2 is 1.37 bits per heavy atom. The summed E-state index contributed by atoms with van der Waals surface area (Å²) in [6.45, 7) is 4.32. The van der Waals surface area contributed by atoms with Crippen molar-refractivity contribution in [2.75, 3.05) is 6.61 Å². The molecule has 3 aromatic rings. The lowest BCUT2D eigenvalue weighted by molar-refractivity contribution is -0.118. The Hall–Kier alpha value is -4.13. The molecule has 0 aliphatic heterocycles. The van der Waals surface area contributed by atoms with Gasteiger partial charge in [-0.25, -0.2) is 4.79 Å². The highest BCUT2D eigenvalue weighted by Gasteiger charge is 2.20. The molecule has 0 radical (unpaired) electrons. The summed E-state index contributed by atoms with van der Waals surface area (Å²) in [5.41, 5.74) is 1.72. The first kappa shape index (κ1) is 31.8. The number of ether oxygens (including phenoxy) is 3. The fraction of sp³-hybridized carbons (Fsp3) is 0.417. The van der Waals surface area contributed by atoms with Crippen molar-refractivity contribution in [2.24, 2.45) is 0 Å². The lowest BCUT2D eigenvalue weighted by Crippen LogP contribution is -2.41. The maximum absolute atomic E-state index is 12.9. The molecule has 1 fully saturated rings. The summed E-state index contributed by atoms with van der Waals surface area (Å²) < 4.78 is 17.3. The molecule has 1 aliphatic carbocycles. The Kier molecular flexibility index (Phi) is 12.2. The van der Waals surface area contributed by atoms with Crippen LogP contribution in [0.4, 0.5) is 0 Å². The Morgan fingerprint density at radius 3 is 2.02 bits per heavy atom. The van der Waals surface area contributed by atoms with Crippen molar-refractivity contribution >= 4 is 17.7 Å². The normalized spacial score (nSPS) is 13.7. The minimum Gasteiger partial charge on any atom is -0.494 e. The van der Waals surface area contributed by atoms with Gasteiger partial charge in [-0.05, 0) is 112 Å². The van der Waals surface area contributed by atoms with E-state index >= 15 is 0 Å². The average molecular weight is 586 g/mol. The third-order valence-electron chi connectivity index (χ3n) is 7.70. The van der Waals surface area contributed by atoms with Gasteiger partial charge in [-0.1, -0.05) is 44.7 Å². The highest BCUT2D eigenvalue weighted by molar-refractivity contribution is 5.97. The molecule has 228 valence electrons. The maximum atomic E-state index is 12.9. The van der Waals surface area contributed by atoms with Gasteiger partial charge in [-0.3, -0.25) is 9.59 Å². The van der Waals surface area contributed by atoms with Crippen molar-refractivity contribution in [2.45, 2.75) is 90.2 Å². The largest absolute Gasteiger partial charge is 0.494 e. The molecule has 43 heavy (non-hydrogen) atoms. The third kappa shape index (κ3) is 10.3. The van der Waals surface area contributed by atoms with Crippen LogP contribution in [0.1, 0.15) is 97.9 Å². The van der Waals surface area contributed by atoms with Crippen molar-refractivity contribution in [1.29, 1.82) is 0 Å². The fourth-order valence-corrected chi connectivity index (χ4v) is 5.10. The minimum atomic E-state index is -0.688. The smallest absolute Gasteiger partial charge is 0.343 e. The number of esters is 1. The van der Waals surface area contributed by atoms with Crippen LogP contribution in [-0.4, -0.2) is 36.4 Å². The van der Waals surface area contributed by atoms with E-state index in [0.717, 1.165) is 42.7 Å². The number of hydrogen-bond acceptors (Lipinski definition) is 6. The van der Waals surface area contributed by atoms with Gasteiger partial charge in [-0.2, -0.15) is 0 Å². The number of ketones is 1. The van der Waals surface area contributed by atoms with E-state index in [1.807, 2.05) is 0 Å². The number of carbonyl (C=O) groups is 3.